The molecule has 3 aromatic carbocycles. The van der Waals surface area contributed by atoms with Crippen molar-refractivity contribution >= 4 is 29.6 Å². The number of hydrogen-bond acceptors (Lipinski definition) is 15. The summed E-state index contributed by atoms with van der Waals surface area (Å²) in [7, 11) is 0. The maximum Gasteiger partial charge on any atom is 0.338 e. The summed E-state index contributed by atoms with van der Waals surface area (Å²) in [6.07, 6.45) is -8.89. The van der Waals surface area contributed by atoms with Crippen molar-refractivity contribution in [3.8, 4) is 0 Å². The Morgan fingerprint density at radius 2 is 1.40 bits per heavy atom. The summed E-state index contributed by atoms with van der Waals surface area (Å²) in [6.45, 7) is 7.18. The molecule has 3 N–H and O–H groups in total. The second-order valence-corrected chi connectivity index (χ2v) is 18.1. The number of ketones is 1. The van der Waals surface area contributed by atoms with E-state index in [1.165, 1.54) is 19.1 Å². The summed E-state index contributed by atoms with van der Waals surface area (Å²) in [4.78, 5) is 71.6. The molecule has 3 aromatic rings. The summed E-state index contributed by atoms with van der Waals surface area (Å²) >= 11 is 0. The fourth-order valence-corrected chi connectivity index (χ4v) is 10.8. The van der Waals surface area contributed by atoms with E-state index in [9.17, 15) is 29.4 Å². The fourth-order valence-electron chi connectivity index (χ4n) is 10.8. The van der Waals surface area contributed by atoms with Gasteiger partial charge in [0.25, 0.3) is 5.91 Å². The predicted octanol–water partition coefficient (Wildman–Crippen LogP) is 4.18. The third kappa shape index (κ3) is 8.08. The number of carbonyl (C=O) groups excluding carboxylic acids is 5. The number of carbonyl (C=O) groups is 5. The van der Waals surface area contributed by atoms with Crippen molar-refractivity contribution in [2.75, 3.05) is 33.4 Å². The molecule has 16 heteroatoms. The summed E-state index contributed by atoms with van der Waals surface area (Å²) in [5.41, 5.74) is -5.89. The van der Waals surface area contributed by atoms with Crippen LogP contribution in [0, 0.1) is 16.7 Å². The first kappa shape index (κ1) is 46.2. The van der Waals surface area contributed by atoms with Crippen LogP contribution in [0.1, 0.15) is 79.8 Å². The van der Waals surface area contributed by atoms with Gasteiger partial charge in [-0.2, -0.15) is 0 Å². The van der Waals surface area contributed by atoms with Crippen molar-refractivity contribution < 1.29 is 72.1 Å². The molecule has 0 radical (unpaired) electrons. The number of Topliss-reactive ketones (excluding diaryl/α,β-unsaturated/α-hetero) is 1. The van der Waals surface area contributed by atoms with Gasteiger partial charge in [-0.25, -0.2) is 9.59 Å². The van der Waals surface area contributed by atoms with E-state index in [0.29, 0.717) is 11.1 Å². The number of hydrogen-bond donors (Lipinski definition) is 3. The Labute approximate surface area is 376 Å². The quantitative estimate of drug-likeness (QED) is 0.156. The number of fused-ring (bicyclic) bond motifs is 6. The van der Waals surface area contributed by atoms with Crippen LogP contribution in [0.15, 0.2) is 102 Å². The summed E-state index contributed by atoms with van der Waals surface area (Å²) in [5.74, 6) is -5.24. The lowest BCUT2D eigenvalue weighted by Crippen LogP contribution is -2.82. The first-order valence-electron chi connectivity index (χ1n) is 21.8. The number of esters is 3. The van der Waals surface area contributed by atoms with Crippen LogP contribution in [0.25, 0.3) is 0 Å². The van der Waals surface area contributed by atoms with Gasteiger partial charge < -0.3 is 53.4 Å². The van der Waals surface area contributed by atoms with Crippen LogP contribution in [0.3, 0.4) is 0 Å². The van der Waals surface area contributed by atoms with Gasteiger partial charge in [-0.1, -0.05) is 80.6 Å². The van der Waals surface area contributed by atoms with Crippen molar-refractivity contribution in [1.29, 1.82) is 0 Å². The molecular weight excluding hydrogens is 843 g/mol. The van der Waals surface area contributed by atoms with Crippen LogP contribution < -0.4 is 5.32 Å². The Morgan fingerprint density at radius 3 is 2.00 bits per heavy atom. The lowest BCUT2D eigenvalue weighted by molar-refractivity contribution is -0.352. The average Bonchev–Trinajstić information content (AvgIpc) is 3.29. The number of aliphatic hydroxyl groups excluding tert-OH is 1. The summed E-state index contributed by atoms with van der Waals surface area (Å²) in [6, 6.07) is 23.5. The molecule has 4 fully saturated rings. The normalized spacial score (nSPS) is 32.8. The second-order valence-electron chi connectivity index (χ2n) is 18.1. The Bertz CT molecular complexity index is 2300. The Morgan fingerprint density at radius 1 is 0.800 bits per heavy atom. The number of nitrogens with one attached hydrogen (secondary N) is 1. The molecule has 8 rings (SSSR count). The zero-order valence-electron chi connectivity index (χ0n) is 36.9. The first-order valence-corrected chi connectivity index (χ1v) is 21.8. The average molecular weight is 898 g/mol. The zero-order chi connectivity index (χ0) is 46.3. The molecule has 0 spiro atoms. The molecule has 0 unspecified atom stereocenters. The lowest BCUT2D eigenvalue weighted by Gasteiger charge is -2.68. The number of amides is 1. The van der Waals surface area contributed by atoms with E-state index < -0.39 is 113 Å². The van der Waals surface area contributed by atoms with Crippen molar-refractivity contribution in [3.05, 3.63) is 119 Å². The zero-order valence-corrected chi connectivity index (χ0v) is 36.9. The second kappa shape index (κ2) is 18.2. The van der Waals surface area contributed by atoms with Gasteiger partial charge in [0.2, 0.25) is 0 Å². The first-order chi connectivity index (χ1) is 31.0. The highest BCUT2D eigenvalue weighted by molar-refractivity contribution is 5.95. The van der Waals surface area contributed by atoms with Crippen molar-refractivity contribution in [2.24, 2.45) is 16.7 Å². The minimum absolute atomic E-state index is 0.0549. The van der Waals surface area contributed by atoms with E-state index in [4.69, 9.17) is 37.9 Å². The Hall–Kier alpha value is -5.33. The van der Waals surface area contributed by atoms with Crippen LogP contribution in [0.2, 0.25) is 0 Å². The highest BCUT2D eigenvalue weighted by atomic mass is 16.7. The topological polar surface area (TPSA) is 212 Å². The lowest BCUT2D eigenvalue weighted by atomic mass is 9.44. The van der Waals surface area contributed by atoms with Gasteiger partial charge in [-0.05, 0) is 54.8 Å². The van der Waals surface area contributed by atoms with Gasteiger partial charge in [0.05, 0.1) is 48.9 Å². The standard InChI is InChI=1S/C49H55NO15/c1-28-33(63-45(56)38(52)37(30-15-9-6-10-16-30)50-43(54)31-17-11-7-12-18-31)24-49(57)42(64-44(55)32-19-13-8-14-20-32)40-47(5)34(23-35-48(40,25-60-35)65-29(2)51)61-26-58-21-22-59-27-62-39(41(47)53)36(28)46(49,3)4/h6-20,33-35,37-40,42,52,57H,21-27H2,1-5H3,(H,50,54)/t33-,34-,35+,37-,38+,39+,40-,42-,47+,48-,49+/m0/s1. The fraction of sp³-hybridized carbons (Fsp3) is 0.490. The van der Waals surface area contributed by atoms with Crippen molar-refractivity contribution in [1.82, 2.24) is 5.32 Å². The number of benzene rings is 3. The van der Waals surface area contributed by atoms with E-state index in [2.05, 4.69) is 5.32 Å². The number of rotatable bonds is 9. The monoisotopic (exact) mass is 897 g/mol. The van der Waals surface area contributed by atoms with E-state index >= 15 is 4.79 Å². The molecule has 2 heterocycles. The minimum atomic E-state index is -2.28. The molecule has 2 aliphatic heterocycles. The molecule has 3 aliphatic carbocycles. The Balaban J connectivity index is 1.29. The maximum absolute atomic E-state index is 16.0. The van der Waals surface area contributed by atoms with E-state index in [0.717, 1.165) is 0 Å². The van der Waals surface area contributed by atoms with Gasteiger partial charge in [-0.15, -0.1) is 0 Å². The minimum Gasteiger partial charge on any atom is -0.456 e. The van der Waals surface area contributed by atoms with Crippen LogP contribution >= 0.6 is 0 Å². The van der Waals surface area contributed by atoms with Gasteiger partial charge in [0.1, 0.15) is 43.6 Å². The maximum atomic E-state index is 16.0. The molecule has 2 saturated carbocycles. The predicted molar refractivity (Wildman–Crippen MR) is 228 cm³/mol. The molecular formula is C49H55NO15. The number of aliphatic hydroxyl groups is 2. The molecule has 5 aliphatic rings. The van der Waals surface area contributed by atoms with Crippen LogP contribution in [-0.4, -0.2) is 121 Å². The van der Waals surface area contributed by atoms with E-state index in [-0.39, 0.29) is 49.7 Å². The molecule has 65 heavy (non-hydrogen) atoms. The molecule has 2 saturated heterocycles. The van der Waals surface area contributed by atoms with Gasteiger partial charge >= 0.3 is 17.9 Å². The summed E-state index contributed by atoms with van der Waals surface area (Å²) in [5, 5.41) is 28.6. The highest BCUT2D eigenvalue weighted by Crippen LogP contribution is 2.65. The van der Waals surface area contributed by atoms with Gasteiger partial charge in [0.15, 0.2) is 17.5 Å². The molecule has 0 aromatic heterocycles. The molecule has 11 atom stereocenters. The van der Waals surface area contributed by atoms with Gasteiger partial charge in [0, 0.05) is 30.7 Å². The van der Waals surface area contributed by atoms with Crippen LogP contribution in [0.4, 0.5) is 0 Å². The third-order valence-electron chi connectivity index (χ3n) is 14.2. The summed E-state index contributed by atoms with van der Waals surface area (Å²) < 4.78 is 49.4. The smallest absolute Gasteiger partial charge is 0.338 e. The van der Waals surface area contributed by atoms with E-state index in [1.807, 2.05) is 0 Å². The van der Waals surface area contributed by atoms with Gasteiger partial charge in [-0.3, -0.25) is 14.4 Å². The molecule has 16 nitrogen and oxygen atoms in total. The highest BCUT2D eigenvalue weighted by Gasteiger charge is 2.78. The van der Waals surface area contributed by atoms with Crippen LogP contribution in [-0.2, 0) is 52.3 Å². The largest absolute Gasteiger partial charge is 0.456 e. The molecule has 346 valence electrons. The van der Waals surface area contributed by atoms with Crippen molar-refractivity contribution in [2.45, 2.75) is 101 Å². The number of ether oxygens (including phenoxy) is 8. The van der Waals surface area contributed by atoms with Crippen LogP contribution in [0.5, 0.6) is 0 Å². The SMILES string of the molecule is CC(=O)O[C@@]12CO[C@@H]1C[C@@H]1OCOCCOCO[C@H]3C(=O)[C@@]1(C)[C@@H]2[C@H](OC(=O)c1ccccc1)[C@]1(O)C[C@H](OC(=O)[C@H](O)[C@@H](NC(=O)c2ccccc2)c2ccccc2)C(C)=C3C1(C)C. The van der Waals surface area contributed by atoms with E-state index in [1.54, 1.807) is 107 Å². The molecule has 4 bridgehead atoms. The van der Waals surface area contributed by atoms with Crippen molar-refractivity contribution in [3.63, 3.8) is 0 Å². The molecule has 1 amide bonds. The Kier molecular flexibility index (Phi) is 12.9. The third-order valence-corrected chi connectivity index (χ3v) is 14.2.